The van der Waals surface area contributed by atoms with Crippen LogP contribution in [0.1, 0.15) is 31.4 Å². The van der Waals surface area contributed by atoms with Crippen molar-refractivity contribution < 1.29 is 5.11 Å². The summed E-state index contributed by atoms with van der Waals surface area (Å²) in [6.07, 6.45) is 4.01. The number of likely N-dealkylation sites (tertiary alicyclic amines) is 1. The van der Waals surface area contributed by atoms with Crippen LogP contribution in [-0.2, 0) is 0 Å². The van der Waals surface area contributed by atoms with Gasteiger partial charge in [-0.05, 0) is 55.8 Å². The summed E-state index contributed by atoms with van der Waals surface area (Å²) in [6.45, 7) is 6.96. The van der Waals surface area contributed by atoms with E-state index >= 15 is 0 Å². The van der Waals surface area contributed by atoms with Crippen LogP contribution in [0.25, 0.3) is 5.65 Å². The lowest BCUT2D eigenvalue weighted by Crippen LogP contribution is -2.54. The molecule has 0 radical (unpaired) electrons. The number of halogens is 3. The van der Waals surface area contributed by atoms with Crippen LogP contribution in [0.4, 0.5) is 11.9 Å². The average Bonchev–Trinajstić information content (AvgIpc) is 3.14. The second-order valence-corrected chi connectivity index (χ2v) is 10.4. The summed E-state index contributed by atoms with van der Waals surface area (Å²) in [4.78, 5) is 14.1. The van der Waals surface area contributed by atoms with Gasteiger partial charge in [0.2, 0.25) is 11.9 Å². The number of benzene rings is 1. The van der Waals surface area contributed by atoms with E-state index in [2.05, 4.69) is 20.2 Å². The van der Waals surface area contributed by atoms with Crippen molar-refractivity contribution in [3.05, 3.63) is 45.0 Å². The summed E-state index contributed by atoms with van der Waals surface area (Å²) >= 11 is 18.9. The first-order valence-electron chi connectivity index (χ1n) is 11.6. The van der Waals surface area contributed by atoms with Crippen molar-refractivity contribution in [1.29, 1.82) is 0 Å². The zero-order chi connectivity index (χ0) is 23.8. The Bertz CT molecular complexity index is 1160. The fourth-order valence-electron chi connectivity index (χ4n) is 4.99. The third kappa shape index (κ3) is 4.79. The molecule has 182 valence electrons. The van der Waals surface area contributed by atoms with Crippen LogP contribution in [0, 0.1) is 11.8 Å². The van der Waals surface area contributed by atoms with Crippen LogP contribution < -0.4 is 10.2 Å². The van der Waals surface area contributed by atoms with Gasteiger partial charge in [-0.25, -0.2) is 0 Å². The molecule has 1 aromatic carbocycles. The molecule has 2 aromatic heterocycles. The number of aliphatic hydroxyl groups excluding tert-OH is 1. The second-order valence-electron chi connectivity index (χ2n) is 9.20. The Kier molecular flexibility index (Phi) is 7.04. The van der Waals surface area contributed by atoms with E-state index in [1.165, 1.54) is 12.8 Å². The zero-order valence-corrected chi connectivity index (χ0v) is 21.2. The van der Waals surface area contributed by atoms with E-state index in [0.717, 1.165) is 38.3 Å². The molecule has 0 bridgehead atoms. The molecule has 8 nitrogen and oxygen atoms in total. The molecule has 11 heteroatoms. The van der Waals surface area contributed by atoms with Gasteiger partial charge >= 0.3 is 0 Å². The van der Waals surface area contributed by atoms with Crippen molar-refractivity contribution in [3.63, 3.8) is 0 Å². The van der Waals surface area contributed by atoms with Gasteiger partial charge in [-0.1, -0.05) is 40.9 Å². The minimum Gasteiger partial charge on any atom is -0.395 e. The maximum absolute atomic E-state index is 9.28. The van der Waals surface area contributed by atoms with Crippen molar-refractivity contribution in [2.75, 3.05) is 49.5 Å². The molecule has 34 heavy (non-hydrogen) atoms. The molecular weight excluding hydrogens is 497 g/mol. The van der Waals surface area contributed by atoms with Gasteiger partial charge in [-0.3, -0.25) is 0 Å². The van der Waals surface area contributed by atoms with Gasteiger partial charge < -0.3 is 20.2 Å². The number of fused-ring (bicyclic) bond motifs is 1. The zero-order valence-electron chi connectivity index (χ0n) is 19.0. The van der Waals surface area contributed by atoms with Crippen LogP contribution in [0.3, 0.4) is 0 Å². The average molecular weight is 525 g/mol. The maximum atomic E-state index is 9.28. The van der Waals surface area contributed by atoms with E-state index < -0.39 is 0 Å². The van der Waals surface area contributed by atoms with Gasteiger partial charge in [-0.2, -0.15) is 19.6 Å². The Morgan fingerprint density at radius 3 is 2.71 bits per heavy atom. The lowest BCUT2D eigenvalue weighted by atomic mass is 9.81. The number of anilines is 2. The highest BCUT2D eigenvalue weighted by Gasteiger charge is 2.37. The minimum absolute atomic E-state index is 0.137. The van der Waals surface area contributed by atoms with Crippen LogP contribution in [0.15, 0.2) is 24.4 Å². The summed E-state index contributed by atoms with van der Waals surface area (Å²) in [7, 11) is 0. The first kappa shape index (κ1) is 23.9. The normalized spacial score (nSPS) is 20.5. The molecule has 2 fully saturated rings. The molecular formula is C23H28Cl3N7O. The standard InChI is InChI=1S/C23H28Cl3N7O/c1-14(18-5-4-17(24)9-19(18)25)28-23-30-22(29-21-20(26)10-27-33(21)23)32-12-16(13-32)15-3-2-6-31(11-15)7-8-34/h4-5,9-10,14-16,34H,2-3,6-8,11-13H2,1H3,(H,28,29,30)/t14-,15+/m1/s1. The Morgan fingerprint density at radius 1 is 1.12 bits per heavy atom. The number of hydrogen-bond acceptors (Lipinski definition) is 7. The fraction of sp³-hybridized carbons (Fsp3) is 0.522. The highest BCUT2D eigenvalue weighted by atomic mass is 35.5. The van der Waals surface area contributed by atoms with E-state index in [4.69, 9.17) is 44.8 Å². The van der Waals surface area contributed by atoms with Gasteiger partial charge in [0.05, 0.1) is 18.8 Å². The Hall–Kier alpha value is -1.84. The van der Waals surface area contributed by atoms with Crippen LogP contribution in [0.5, 0.6) is 0 Å². The number of aliphatic hydroxyl groups is 1. The van der Waals surface area contributed by atoms with Crippen molar-refractivity contribution in [3.8, 4) is 0 Å². The molecule has 2 N–H and O–H groups in total. The van der Waals surface area contributed by atoms with Crippen molar-refractivity contribution in [2.24, 2.45) is 11.8 Å². The van der Waals surface area contributed by atoms with Crippen molar-refractivity contribution >= 4 is 52.3 Å². The topological polar surface area (TPSA) is 81.8 Å². The van der Waals surface area contributed by atoms with Crippen molar-refractivity contribution in [2.45, 2.75) is 25.8 Å². The lowest BCUT2D eigenvalue weighted by molar-refractivity contribution is 0.101. The van der Waals surface area contributed by atoms with Crippen LogP contribution in [0.2, 0.25) is 15.1 Å². The molecule has 0 saturated carbocycles. The van der Waals surface area contributed by atoms with E-state index in [0.29, 0.717) is 44.4 Å². The molecule has 4 heterocycles. The molecule has 0 amide bonds. The van der Waals surface area contributed by atoms with Crippen LogP contribution in [-0.4, -0.2) is 68.9 Å². The summed E-state index contributed by atoms with van der Waals surface area (Å²) in [5.74, 6) is 2.44. The Morgan fingerprint density at radius 2 is 1.94 bits per heavy atom. The third-order valence-corrected chi connectivity index (χ3v) is 7.73. The first-order valence-corrected chi connectivity index (χ1v) is 12.8. The largest absolute Gasteiger partial charge is 0.395 e. The number of hydrogen-bond donors (Lipinski definition) is 2. The number of nitrogens with zero attached hydrogens (tertiary/aromatic N) is 6. The molecule has 0 aliphatic carbocycles. The van der Waals surface area contributed by atoms with Crippen molar-refractivity contribution in [1.82, 2.24) is 24.5 Å². The molecule has 0 spiro atoms. The summed E-state index contributed by atoms with van der Waals surface area (Å²) in [5.41, 5.74) is 1.48. The Balaban J connectivity index is 1.34. The monoisotopic (exact) mass is 523 g/mol. The highest BCUT2D eigenvalue weighted by Crippen LogP contribution is 2.34. The molecule has 2 aliphatic heterocycles. The first-order chi connectivity index (χ1) is 16.4. The predicted molar refractivity (Wildman–Crippen MR) is 136 cm³/mol. The molecule has 2 atom stereocenters. The third-order valence-electron chi connectivity index (χ3n) is 6.91. The molecule has 2 saturated heterocycles. The van der Waals surface area contributed by atoms with Gasteiger partial charge in [0.1, 0.15) is 5.02 Å². The lowest BCUT2D eigenvalue weighted by Gasteiger charge is -2.46. The highest BCUT2D eigenvalue weighted by molar-refractivity contribution is 6.35. The number of β-amino-alcohol motifs (C(OH)–C–C–N with tert-alkyl or cyclic N) is 1. The maximum Gasteiger partial charge on any atom is 0.230 e. The quantitative estimate of drug-likeness (QED) is 0.474. The van der Waals surface area contributed by atoms with E-state index in [1.807, 2.05) is 19.1 Å². The second kappa shape index (κ2) is 10.0. The molecule has 5 rings (SSSR count). The van der Waals surface area contributed by atoms with Gasteiger partial charge in [0.25, 0.3) is 0 Å². The van der Waals surface area contributed by atoms with E-state index in [9.17, 15) is 5.11 Å². The smallest absolute Gasteiger partial charge is 0.230 e. The number of piperidine rings is 1. The SMILES string of the molecule is C[C@@H](Nc1nc(N2CC([C@H]3CCCN(CCO)C3)C2)nc2c(Cl)cnn12)c1ccc(Cl)cc1Cl. The Labute approximate surface area is 213 Å². The van der Waals surface area contributed by atoms with Crippen LogP contribution >= 0.6 is 34.8 Å². The van der Waals surface area contributed by atoms with Gasteiger partial charge in [0, 0.05) is 36.2 Å². The summed E-state index contributed by atoms with van der Waals surface area (Å²) < 4.78 is 1.62. The van der Waals surface area contributed by atoms with Gasteiger partial charge in [0.15, 0.2) is 5.65 Å². The number of aromatic nitrogens is 4. The van der Waals surface area contributed by atoms with E-state index in [-0.39, 0.29) is 12.6 Å². The fourth-order valence-corrected chi connectivity index (χ4v) is 5.73. The predicted octanol–water partition coefficient (Wildman–Crippen LogP) is 4.40. The molecule has 3 aromatic rings. The number of rotatable bonds is 7. The molecule has 0 unspecified atom stereocenters. The summed E-state index contributed by atoms with van der Waals surface area (Å²) in [6, 6.07) is 5.32. The van der Waals surface area contributed by atoms with Gasteiger partial charge in [-0.15, -0.1) is 0 Å². The summed E-state index contributed by atoms with van der Waals surface area (Å²) in [5, 5.41) is 18.7. The van der Waals surface area contributed by atoms with E-state index in [1.54, 1.807) is 16.8 Å². The molecule has 2 aliphatic rings. The number of nitrogens with one attached hydrogen (secondary N) is 1. The minimum atomic E-state index is -0.137.